The molecule has 6 nitrogen and oxygen atoms in total. The van der Waals surface area contributed by atoms with Gasteiger partial charge in [0.25, 0.3) is 5.91 Å². The molecule has 0 aliphatic heterocycles. The van der Waals surface area contributed by atoms with Crippen LogP contribution in [0.3, 0.4) is 0 Å². The molecule has 1 saturated carbocycles. The molecule has 1 fully saturated rings. The Kier molecular flexibility index (Phi) is 3.99. The fraction of sp³-hybridized carbons (Fsp3) is 0.462. The second-order valence-corrected chi connectivity index (χ2v) is 4.74. The van der Waals surface area contributed by atoms with Crippen LogP contribution in [0.15, 0.2) is 18.3 Å². The van der Waals surface area contributed by atoms with Crippen LogP contribution in [0.4, 0.5) is 0 Å². The number of carbonyl (C=O) groups is 2. The number of pyridine rings is 1. The van der Waals surface area contributed by atoms with E-state index in [9.17, 15) is 14.7 Å². The first-order valence-electron chi connectivity index (χ1n) is 6.25. The zero-order valence-corrected chi connectivity index (χ0v) is 10.4. The molecule has 2 atom stereocenters. The van der Waals surface area contributed by atoms with E-state index < -0.39 is 17.8 Å². The highest BCUT2D eigenvalue weighted by molar-refractivity contribution is 5.94. The first kappa shape index (κ1) is 13.3. The molecule has 1 aromatic heterocycles. The van der Waals surface area contributed by atoms with Gasteiger partial charge in [0, 0.05) is 12.2 Å². The molecular formula is C13H16N2O4. The molecule has 0 bridgehead atoms. The molecule has 1 aliphatic rings. The SMILES string of the molecule is O=C(NC1CCCC(C(=O)O)C1)c1ncccc1O. The minimum Gasteiger partial charge on any atom is -0.505 e. The van der Waals surface area contributed by atoms with Gasteiger partial charge >= 0.3 is 5.97 Å². The molecule has 2 rings (SSSR count). The molecule has 3 N–H and O–H groups in total. The average molecular weight is 264 g/mol. The van der Waals surface area contributed by atoms with Gasteiger partial charge in [0.15, 0.2) is 5.69 Å². The Morgan fingerprint density at radius 3 is 2.84 bits per heavy atom. The van der Waals surface area contributed by atoms with Crippen LogP contribution in [0.5, 0.6) is 5.75 Å². The van der Waals surface area contributed by atoms with E-state index in [4.69, 9.17) is 5.11 Å². The quantitative estimate of drug-likeness (QED) is 0.760. The van der Waals surface area contributed by atoms with Crippen LogP contribution in [0.25, 0.3) is 0 Å². The molecule has 2 unspecified atom stereocenters. The molecule has 0 radical (unpaired) electrons. The number of hydrogen-bond acceptors (Lipinski definition) is 4. The summed E-state index contributed by atoms with van der Waals surface area (Å²) in [5.74, 6) is -1.87. The van der Waals surface area contributed by atoms with Crippen molar-refractivity contribution in [1.82, 2.24) is 10.3 Å². The highest BCUT2D eigenvalue weighted by atomic mass is 16.4. The lowest BCUT2D eigenvalue weighted by Gasteiger charge is -2.27. The molecular weight excluding hydrogens is 248 g/mol. The van der Waals surface area contributed by atoms with Crippen LogP contribution in [0.2, 0.25) is 0 Å². The maximum atomic E-state index is 11.9. The van der Waals surface area contributed by atoms with Crippen LogP contribution in [-0.2, 0) is 4.79 Å². The van der Waals surface area contributed by atoms with Gasteiger partial charge in [-0.05, 0) is 31.4 Å². The fourth-order valence-corrected chi connectivity index (χ4v) is 2.37. The van der Waals surface area contributed by atoms with Crippen molar-refractivity contribution < 1.29 is 19.8 Å². The third-order valence-electron chi connectivity index (χ3n) is 3.36. The molecule has 19 heavy (non-hydrogen) atoms. The minimum absolute atomic E-state index is 0.0278. The molecule has 1 heterocycles. The molecule has 6 heteroatoms. The van der Waals surface area contributed by atoms with Gasteiger partial charge in [-0.25, -0.2) is 4.98 Å². The lowest BCUT2D eigenvalue weighted by Crippen LogP contribution is -2.40. The Labute approximate surface area is 110 Å². The number of carboxylic acids is 1. The van der Waals surface area contributed by atoms with E-state index in [1.807, 2.05) is 0 Å². The summed E-state index contributed by atoms with van der Waals surface area (Å²) in [4.78, 5) is 26.7. The zero-order chi connectivity index (χ0) is 13.8. The summed E-state index contributed by atoms with van der Waals surface area (Å²) in [7, 11) is 0. The number of nitrogens with zero attached hydrogens (tertiary/aromatic N) is 1. The summed E-state index contributed by atoms with van der Waals surface area (Å²) in [5, 5.41) is 21.3. The Hall–Kier alpha value is -2.11. The van der Waals surface area contributed by atoms with E-state index in [1.165, 1.54) is 18.3 Å². The number of hydrogen-bond donors (Lipinski definition) is 3. The Balaban J connectivity index is 1.99. The summed E-state index contributed by atoms with van der Waals surface area (Å²) in [5.41, 5.74) is -0.0278. The van der Waals surface area contributed by atoms with Crippen LogP contribution in [0.1, 0.15) is 36.2 Å². The highest BCUT2D eigenvalue weighted by Gasteiger charge is 2.28. The first-order chi connectivity index (χ1) is 9.08. The monoisotopic (exact) mass is 264 g/mol. The Bertz CT molecular complexity index is 489. The maximum absolute atomic E-state index is 11.9. The predicted molar refractivity (Wildman–Crippen MR) is 66.7 cm³/mol. The van der Waals surface area contributed by atoms with E-state index in [0.29, 0.717) is 12.8 Å². The summed E-state index contributed by atoms with van der Waals surface area (Å²) >= 11 is 0. The summed E-state index contributed by atoms with van der Waals surface area (Å²) in [6, 6.07) is 2.75. The van der Waals surface area contributed by atoms with Crippen molar-refractivity contribution in [3.8, 4) is 5.75 Å². The van der Waals surface area contributed by atoms with Crippen molar-refractivity contribution >= 4 is 11.9 Å². The molecule has 0 aromatic carbocycles. The van der Waals surface area contributed by atoms with E-state index in [1.54, 1.807) is 0 Å². The van der Waals surface area contributed by atoms with Crippen LogP contribution in [0, 0.1) is 5.92 Å². The third-order valence-corrected chi connectivity index (χ3v) is 3.36. The van der Waals surface area contributed by atoms with Gasteiger partial charge in [-0.3, -0.25) is 9.59 Å². The van der Waals surface area contributed by atoms with Crippen molar-refractivity contribution in [2.45, 2.75) is 31.7 Å². The number of aromatic nitrogens is 1. The summed E-state index contributed by atoms with van der Waals surface area (Å²) in [6.45, 7) is 0. The number of aromatic hydroxyl groups is 1. The van der Waals surface area contributed by atoms with E-state index in [-0.39, 0.29) is 17.5 Å². The Morgan fingerprint density at radius 2 is 2.16 bits per heavy atom. The topological polar surface area (TPSA) is 99.5 Å². The first-order valence-corrected chi connectivity index (χ1v) is 6.25. The number of rotatable bonds is 3. The number of nitrogens with one attached hydrogen (secondary N) is 1. The normalized spacial score (nSPS) is 22.7. The molecule has 0 spiro atoms. The van der Waals surface area contributed by atoms with E-state index >= 15 is 0 Å². The van der Waals surface area contributed by atoms with Crippen LogP contribution < -0.4 is 5.32 Å². The number of carboxylic acid groups (broad SMARTS) is 1. The van der Waals surface area contributed by atoms with Crippen molar-refractivity contribution in [3.63, 3.8) is 0 Å². The third kappa shape index (κ3) is 3.21. The van der Waals surface area contributed by atoms with E-state index in [2.05, 4.69) is 10.3 Å². The molecule has 0 saturated heterocycles. The minimum atomic E-state index is -0.820. The van der Waals surface area contributed by atoms with Crippen LogP contribution >= 0.6 is 0 Å². The average Bonchev–Trinajstić information content (AvgIpc) is 2.39. The molecule has 1 amide bonds. The smallest absolute Gasteiger partial charge is 0.306 e. The van der Waals surface area contributed by atoms with Crippen molar-refractivity contribution in [2.75, 3.05) is 0 Å². The summed E-state index contributed by atoms with van der Waals surface area (Å²) in [6.07, 6.45) is 4.03. The highest BCUT2D eigenvalue weighted by Crippen LogP contribution is 2.25. The Morgan fingerprint density at radius 1 is 1.37 bits per heavy atom. The molecule has 1 aromatic rings. The van der Waals surface area contributed by atoms with Gasteiger partial charge in [0.2, 0.25) is 0 Å². The van der Waals surface area contributed by atoms with Gasteiger partial charge in [0.05, 0.1) is 5.92 Å². The van der Waals surface area contributed by atoms with Gasteiger partial charge < -0.3 is 15.5 Å². The fourth-order valence-electron chi connectivity index (χ4n) is 2.37. The zero-order valence-electron chi connectivity index (χ0n) is 10.4. The van der Waals surface area contributed by atoms with Gasteiger partial charge in [-0.15, -0.1) is 0 Å². The number of aliphatic carboxylic acids is 1. The van der Waals surface area contributed by atoms with E-state index in [0.717, 1.165) is 12.8 Å². The summed E-state index contributed by atoms with van der Waals surface area (Å²) < 4.78 is 0. The van der Waals surface area contributed by atoms with Gasteiger partial charge in [-0.1, -0.05) is 6.42 Å². The second kappa shape index (κ2) is 5.69. The maximum Gasteiger partial charge on any atom is 0.306 e. The van der Waals surface area contributed by atoms with Crippen molar-refractivity contribution in [2.24, 2.45) is 5.92 Å². The number of carbonyl (C=O) groups excluding carboxylic acids is 1. The largest absolute Gasteiger partial charge is 0.505 e. The molecule has 102 valence electrons. The van der Waals surface area contributed by atoms with Crippen LogP contribution in [-0.4, -0.2) is 33.1 Å². The van der Waals surface area contributed by atoms with Crippen molar-refractivity contribution in [3.05, 3.63) is 24.0 Å². The lowest BCUT2D eigenvalue weighted by atomic mass is 9.86. The van der Waals surface area contributed by atoms with Gasteiger partial charge in [0.1, 0.15) is 5.75 Å². The van der Waals surface area contributed by atoms with Crippen molar-refractivity contribution in [1.29, 1.82) is 0 Å². The standard InChI is InChI=1S/C13H16N2O4/c16-10-5-2-6-14-11(10)12(17)15-9-4-1-3-8(7-9)13(18)19/h2,5-6,8-9,16H,1,3-4,7H2,(H,15,17)(H,18,19). The number of amides is 1. The van der Waals surface area contributed by atoms with Gasteiger partial charge in [-0.2, -0.15) is 0 Å². The lowest BCUT2D eigenvalue weighted by molar-refractivity contribution is -0.143. The second-order valence-electron chi connectivity index (χ2n) is 4.74. The predicted octanol–water partition coefficient (Wildman–Crippen LogP) is 1.16. The molecule has 1 aliphatic carbocycles.